The summed E-state index contributed by atoms with van der Waals surface area (Å²) in [6.07, 6.45) is 0. The number of benzene rings is 1. The van der Waals surface area contributed by atoms with E-state index in [0.29, 0.717) is 5.56 Å². The highest BCUT2D eigenvalue weighted by molar-refractivity contribution is 9.11. The first kappa shape index (κ1) is 11.2. The van der Waals surface area contributed by atoms with E-state index in [2.05, 4.69) is 33.4 Å². The molecule has 0 amide bonds. The minimum Gasteiger partial charge on any atom is -0.380 e. The normalized spacial score (nSPS) is 9.75. The third-order valence-electron chi connectivity index (χ3n) is 2.09. The first-order valence-corrected chi connectivity index (χ1v) is 6.37. The molecule has 80 valence electrons. The summed E-state index contributed by atoms with van der Waals surface area (Å²) in [6.45, 7) is 0.783. The van der Waals surface area contributed by atoms with Gasteiger partial charge in [0.15, 0.2) is 0 Å². The third-order valence-corrected chi connectivity index (χ3v) is 3.71. The lowest BCUT2D eigenvalue weighted by Gasteiger charge is -2.04. The van der Waals surface area contributed by atoms with E-state index in [1.807, 2.05) is 24.3 Å². The van der Waals surface area contributed by atoms with Gasteiger partial charge in [0.1, 0.15) is 0 Å². The molecule has 1 aromatic heterocycles. The van der Waals surface area contributed by atoms with Crippen molar-refractivity contribution in [3.63, 3.8) is 0 Å². The summed E-state index contributed by atoms with van der Waals surface area (Å²) in [4.78, 5) is 1.26. The Bertz CT molecular complexity index is 528. The van der Waals surface area contributed by atoms with Crippen molar-refractivity contribution in [2.24, 2.45) is 0 Å². The van der Waals surface area contributed by atoms with E-state index in [4.69, 9.17) is 5.26 Å². The van der Waals surface area contributed by atoms with Crippen molar-refractivity contribution >= 4 is 33.0 Å². The topological polar surface area (TPSA) is 35.8 Å². The van der Waals surface area contributed by atoms with Crippen LogP contribution >= 0.6 is 27.3 Å². The van der Waals surface area contributed by atoms with Crippen LogP contribution in [0.4, 0.5) is 5.69 Å². The van der Waals surface area contributed by atoms with Gasteiger partial charge in [-0.3, -0.25) is 0 Å². The highest BCUT2D eigenvalue weighted by atomic mass is 79.9. The molecule has 2 nitrogen and oxygen atoms in total. The van der Waals surface area contributed by atoms with Crippen LogP contribution in [0, 0.1) is 11.3 Å². The monoisotopic (exact) mass is 292 g/mol. The van der Waals surface area contributed by atoms with Gasteiger partial charge in [0.2, 0.25) is 0 Å². The summed E-state index contributed by atoms with van der Waals surface area (Å²) in [5.41, 5.74) is 1.65. The fourth-order valence-electron chi connectivity index (χ4n) is 1.33. The van der Waals surface area contributed by atoms with E-state index in [0.717, 1.165) is 16.0 Å². The summed E-state index contributed by atoms with van der Waals surface area (Å²) in [5, 5.41) is 12.1. The third kappa shape index (κ3) is 2.84. The molecule has 0 atom stereocenters. The predicted octanol–water partition coefficient (Wildman–Crippen LogP) is 3.99. The van der Waals surface area contributed by atoms with Gasteiger partial charge in [0.05, 0.1) is 15.4 Å². The van der Waals surface area contributed by atoms with Gasteiger partial charge in [0, 0.05) is 17.1 Å². The van der Waals surface area contributed by atoms with E-state index < -0.39 is 0 Å². The predicted molar refractivity (Wildman–Crippen MR) is 70.5 cm³/mol. The van der Waals surface area contributed by atoms with Gasteiger partial charge in [-0.25, -0.2) is 0 Å². The van der Waals surface area contributed by atoms with Crippen LogP contribution < -0.4 is 5.32 Å². The van der Waals surface area contributed by atoms with Crippen molar-refractivity contribution in [1.82, 2.24) is 0 Å². The summed E-state index contributed by atoms with van der Waals surface area (Å²) in [7, 11) is 0. The van der Waals surface area contributed by atoms with E-state index in [1.54, 1.807) is 17.4 Å². The van der Waals surface area contributed by atoms with Gasteiger partial charge in [-0.05, 0) is 46.3 Å². The molecule has 0 spiro atoms. The molecule has 0 saturated heterocycles. The number of hydrogen-bond acceptors (Lipinski definition) is 3. The molecule has 0 fully saturated rings. The molecular weight excluding hydrogens is 284 g/mol. The van der Waals surface area contributed by atoms with Crippen LogP contribution in [-0.4, -0.2) is 0 Å². The highest BCUT2D eigenvalue weighted by Gasteiger charge is 1.98. The Kier molecular flexibility index (Phi) is 3.60. The molecule has 16 heavy (non-hydrogen) atoms. The zero-order valence-electron chi connectivity index (χ0n) is 8.40. The summed E-state index contributed by atoms with van der Waals surface area (Å²) < 4.78 is 1.13. The Balaban J connectivity index is 2.02. The molecule has 1 N–H and O–H groups in total. The molecule has 0 saturated carbocycles. The van der Waals surface area contributed by atoms with E-state index >= 15 is 0 Å². The molecule has 0 radical (unpaired) electrons. The van der Waals surface area contributed by atoms with E-state index in [9.17, 15) is 0 Å². The molecule has 4 heteroatoms. The van der Waals surface area contributed by atoms with Crippen LogP contribution in [-0.2, 0) is 6.54 Å². The molecule has 2 aromatic rings. The van der Waals surface area contributed by atoms with Crippen molar-refractivity contribution in [3.8, 4) is 6.07 Å². The van der Waals surface area contributed by atoms with Crippen LogP contribution in [0.25, 0.3) is 0 Å². The number of nitriles is 1. The molecule has 0 bridgehead atoms. The van der Waals surface area contributed by atoms with Crippen LogP contribution in [0.2, 0.25) is 0 Å². The number of nitrogens with one attached hydrogen (secondary N) is 1. The van der Waals surface area contributed by atoms with Gasteiger partial charge in [0.25, 0.3) is 0 Å². The largest absolute Gasteiger partial charge is 0.380 e. The smallest absolute Gasteiger partial charge is 0.0992 e. The molecule has 1 aromatic carbocycles. The molecule has 2 rings (SSSR count). The van der Waals surface area contributed by atoms with Crippen molar-refractivity contribution < 1.29 is 0 Å². The lowest BCUT2D eigenvalue weighted by molar-refractivity contribution is 1.19. The second kappa shape index (κ2) is 5.15. The maximum absolute atomic E-state index is 8.77. The number of thiophene rings is 1. The number of nitrogens with zero attached hydrogens (tertiary/aromatic N) is 1. The maximum Gasteiger partial charge on any atom is 0.0992 e. The van der Waals surface area contributed by atoms with Crippen molar-refractivity contribution in [2.45, 2.75) is 6.54 Å². The van der Waals surface area contributed by atoms with Crippen molar-refractivity contribution in [2.75, 3.05) is 5.32 Å². The van der Waals surface area contributed by atoms with Gasteiger partial charge >= 0.3 is 0 Å². The standard InChI is InChI=1S/C12H9BrN2S/c13-12-5-4-11(16-12)8-15-10-3-1-2-9(6-10)7-14/h1-6,15H,8H2. The van der Waals surface area contributed by atoms with Crippen molar-refractivity contribution in [3.05, 3.63) is 50.6 Å². The number of rotatable bonds is 3. The van der Waals surface area contributed by atoms with Crippen LogP contribution in [0.1, 0.15) is 10.4 Å². The van der Waals surface area contributed by atoms with E-state index in [1.165, 1.54) is 4.88 Å². The molecule has 1 heterocycles. The molecule has 0 aliphatic heterocycles. The SMILES string of the molecule is N#Cc1cccc(NCc2ccc(Br)s2)c1. The number of halogens is 1. The Morgan fingerprint density at radius 1 is 1.31 bits per heavy atom. The Labute approximate surface area is 107 Å². The van der Waals surface area contributed by atoms with Gasteiger partial charge in [-0.15, -0.1) is 11.3 Å². The fourth-order valence-corrected chi connectivity index (χ4v) is 2.76. The fraction of sp³-hybridized carbons (Fsp3) is 0.0833. The maximum atomic E-state index is 8.77. The second-order valence-corrected chi connectivity index (χ2v) is 5.80. The molecular formula is C12H9BrN2S. The van der Waals surface area contributed by atoms with Crippen LogP contribution in [0.5, 0.6) is 0 Å². The summed E-state index contributed by atoms with van der Waals surface area (Å²) in [6, 6.07) is 13.7. The Hall–Kier alpha value is -1.31. The van der Waals surface area contributed by atoms with E-state index in [-0.39, 0.29) is 0 Å². The summed E-state index contributed by atoms with van der Waals surface area (Å²) in [5.74, 6) is 0. The van der Waals surface area contributed by atoms with Gasteiger partial charge in [-0.2, -0.15) is 5.26 Å². The van der Waals surface area contributed by atoms with Crippen LogP contribution in [0.3, 0.4) is 0 Å². The quantitative estimate of drug-likeness (QED) is 0.928. The lowest BCUT2D eigenvalue weighted by Crippen LogP contribution is -1.97. The minimum atomic E-state index is 0.678. The Morgan fingerprint density at radius 3 is 2.88 bits per heavy atom. The van der Waals surface area contributed by atoms with Gasteiger partial charge in [-0.1, -0.05) is 6.07 Å². The lowest BCUT2D eigenvalue weighted by atomic mass is 10.2. The number of anilines is 1. The van der Waals surface area contributed by atoms with Crippen molar-refractivity contribution in [1.29, 1.82) is 5.26 Å². The first-order chi connectivity index (χ1) is 7.78. The minimum absolute atomic E-state index is 0.678. The van der Waals surface area contributed by atoms with Gasteiger partial charge < -0.3 is 5.32 Å². The Morgan fingerprint density at radius 2 is 2.19 bits per heavy atom. The first-order valence-electron chi connectivity index (χ1n) is 4.76. The molecule has 0 unspecified atom stereocenters. The zero-order chi connectivity index (χ0) is 11.4. The average Bonchev–Trinajstić information content (AvgIpc) is 2.73. The second-order valence-electron chi connectivity index (χ2n) is 3.25. The summed E-state index contributed by atoms with van der Waals surface area (Å²) >= 11 is 5.13. The molecule has 0 aliphatic rings. The highest BCUT2D eigenvalue weighted by Crippen LogP contribution is 2.23. The van der Waals surface area contributed by atoms with Crippen LogP contribution in [0.15, 0.2) is 40.2 Å². The average molecular weight is 293 g/mol. The molecule has 0 aliphatic carbocycles. The zero-order valence-corrected chi connectivity index (χ0v) is 10.8. The number of hydrogen-bond donors (Lipinski definition) is 1.